The molecule has 140 valence electrons. The van der Waals surface area contributed by atoms with E-state index in [-0.39, 0.29) is 18.0 Å². The number of carbonyl (C=O) groups is 1. The Bertz CT molecular complexity index is 826. The maximum Gasteiger partial charge on any atom is 0.250 e. The van der Waals surface area contributed by atoms with E-state index in [2.05, 4.69) is 5.10 Å². The molecule has 0 radical (unpaired) electrons. The van der Waals surface area contributed by atoms with Crippen molar-refractivity contribution in [3.8, 4) is 0 Å². The standard InChI is InChI=1S/C18H25N5O3/c1-20(2)12-16(24)15-10-14-11-21(8-5-9-23(14)19-15)18(26)13-22-7-4-3-6-17(22)25/h3-4,6-7,10,16,24H,5,8-9,11-13H2,1-2H3/t16-/m0/s1. The molecule has 0 aliphatic carbocycles. The molecule has 0 saturated carbocycles. The van der Waals surface area contributed by atoms with Gasteiger partial charge in [0.1, 0.15) is 12.6 Å². The van der Waals surface area contributed by atoms with Crippen LogP contribution in [0.15, 0.2) is 35.3 Å². The lowest BCUT2D eigenvalue weighted by atomic mass is 10.2. The number of nitrogens with zero attached hydrogens (tertiary/aromatic N) is 5. The Labute approximate surface area is 152 Å². The monoisotopic (exact) mass is 359 g/mol. The number of amides is 1. The molecule has 0 saturated heterocycles. The summed E-state index contributed by atoms with van der Waals surface area (Å²) >= 11 is 0. The van der Waals surface area contributed by atoms with Crippen molar-refractivity contribution >= 4 is 5.91 Å². The molecular formula is C18H25N5O3. The molecule has 0 aromatic carbocycles. The second kappa shape index (κ2) is 7.84. The van der Waals surface area contributed by atoms with Crippen LogP contribution in [0.2, 0.25) is 0 Å². The predicted octanol–water partition coefficient (Wildman–Crippen LogP) is 0.0723. The molecule has 0 bridgehead atoms. The Morgan fingerprint density at radius 2 is 2.15 bits per heavy atom. The van der Waals surface area contributed by atoms with Crippen molar-refractivity contribution in [2.24, 2.45) is 0 Å². The Morgan fingerprint density at radius 3 is 2.88 bits per heavy atom. The third-order valence-electron chi connectivity index (χ3n) is 4.47. The van der Waals surface area contributed by atoms with Gasteiger partial charge in [-0.2, -0.15) is 5.10 Å². The molecule has 1 amide bonds. The van der Waals surface area contributed by atoms with Crippen LogP contribution in [0.4, 0.5) is 0 Å². The topological polar surface area (TPSA) is 83.6 Å². The predicted molar refractivity (Wildman–Crippen MR) is 96.5 cm³/mol. The number of hydrogen-bond acceptors (Lipinski definition) is 5. The van der Waals surface area contributed by atoms with Crippen LogP contribution >= 0.6 is 0 Å². The van der Waals surface area contributed by atoms with Crippen molar-refractivity contribution in [2.45, 2.75) is 32.2 Å². The summed E-state index contributed by atoms with van der Waals surface area (Å²) in [6, 6.07) is 6.72. The van der Waals surface area contributed by atoms with Crippen LogP contribution in [-0.4, -0.2) is 62.3 Å². The molecule has 2 aromatic heterocycles. The average Bonchev–Trinajstić information content (AvgIpc) is 2.88. The van der Waals surface area contributed by atoms with Gasteiger partial charge in [-0.3, -0.25) is 14.3 Å². The highest BCUT2D eigenvalue weighted by molar-refractivity contribution is 5.76. The molecule has 0 spiro atoms. The Morgan fingerprint density at radius 1 is 1.35 bits per heavy atom. The lowest BCUT2D eigenvalue weighted by molar-refractivity contribution is -0.132. The largest absolute Gasteiger partial charge is 0.385 e. The van der Waals surface area contributed by atoms with Crippen LogP contribution in [0.5, 0.6) is 0 Å². The number of rotatable bonds is 5. The SMILES string of the molecule is CN(C)C[C@H](O)c1cc2n(n1)CCCN(C(=O)Cn1ccccc1=O)C2. The van der Waals surface area contributed by atoms with Crippen LogP contribution in [0.3, 0.4) is 0 Å². The normalized spacial score (nSPS) is 15.6. The van der Waals surface area contributed by atoms with Gasteiger partial charge in [-0.15, -0.1) is 0 Å². The third-order valence-corrected chi connectivity index (χ3v) is 4.47. The Hall–Kier alpha value is -2.45. The number of pyridine rings is 1. The van der Waals surface area contributed by atoms with Gasteiger partial charge in [0, 0.05) is 31.9 Å². The summed E-state index contributed by atoms with van der Waals surface area (Å²) in [7, 11) is 3.80. The maximum absolute atomic E-state index is 12.6. The highest BCUT2D eigenvalue weighted by atomic mass is 16.3. The van der Waals surface area contributed by atoms with Crippen LogP contribution in [0.25, 0.3) is 0 Å². The van der Waals surface area contributed by atoms with Gasteiger partial charge in [0.25, 0.3) is 5.56 Å². The smallest absolute Gasteiger partial charge is 0.250 e. The fourth-order valence-corrected chi connectivity index (χ4v) is 3.14. The van der Waals surface area contributed by atoms with Crippen molar-refractivity contribution < 1.29 is 9.90 Å². The molecule has 3 heterocycles. The molecule has 8 nitrogen and oxygen atoms in total. The van der Waals surface area contributed by atoms with Crippen molar-refractivity contribution in [1.82, 2.24) is 24.1 Å². The molecule has 3 rings (SSSR count). The number of aryl methyl sites for hydroxylation is 1. The lowest BCUT2D eigenvalue weighted by Gasteiger charge is -2.20. The zero-order valence-electron chi connectivity index (χ0n) is 15.2. The van der Waals surface area contributed by atoms with Gasteiger partial charge in [0.05, 0.1) is 17.9 Å². The molecule has 1 N–H and O–H groups in total. The number of likely N-dealkylation sites (N-methyl/N-ethyl adjacent to an activating group) is 1. The van der Waals surface area contributed by atoms with E-state index in [1.165, 1.54) is 10.6 Å². The van der Waals surface area contributed by atoms with Gasteiger partial charge in [-0.25, -0.2) is 0 Å². The number of aliphatic hydroxyl groups is 1. The fourth-order valence-electron chi connectivity index (χ4n) is 3.14. The van der Waals surface area contributed by atoms with E-state index >= 15 is 0 Å². The summed E-state index contributed by atoms with van der Waals surface area (Å²) in [6.45, 7) is 2.29. The molecule has 0 unspecified atom stereocenters. The van der Waals surface area contributed by atoms with E-state index in [1.54, 1.807) is 23.2 Å². The van der Waals surface area contributed by atoms with Gasteiger partial charge < -0.3 is 19.5 Å². The molecular weight excluding hydrogens is 334 g/mol. The van der Waals surface area contributed by atoms with Crippen LogP contribution in [0, 0.1) is 0 Å². The second-order valence-electron chi connectivity index (χ2n) is 6.90. The third kappa shape index (κ3) is 4.20. The van der Waals surface area contributed by atoms with Crippen LogP contribution in [-0.2, 0) is 24.4 Å². The number of fused-ring (bicyclic) bond motifs is 1. The van der Waals surface area contributed by atoms with E-state index in [0.717, 1.165) is 12.1 Å². The quantitative estimate of drug-likeness (QED) is 0.817. The minimum atomic E-state index is -0.656. The van der Waals surface area contributed by atoms with Gasteiger partial charge in [-0.1, -0.05) is 6.07 Å². The number of hydrogen-bond donors (Lipinski definition) is 1. The van der Waals surface area contributed by atoms with Crippen molar-refractivity contribution in [1.29, 1.82) is 0 Å². The molecule has 8 heteroatoms. The van der Waals surface area contributed by atoms with E-state index in [0.29, 0.717) is 31.9 Å². The Kier molecular flexibility index (Phi) is 5.53. The highest BCUT2D eigenvalue weighted by Crippen LogP contribution is 2.19. The van der Waals surface area contributed by atoms with Gasteiger partial charge >= 0.3 is 0 Å². The van der Waals surface area contributed by atoms with E-state index in [1.807, 2.05) is 29.7 Å². The van der Waals surface area contributed by atoms with Gasteiger partial charge in [0.2, 0.25) is 5.91 Å². The van der Waals surface area contributed by atoms with E-state index in [4.69, 9.17) is 0 Å². The van der Waals surface area contributed by atoms with Crippen molar-refractivity contribution in [3.05, 3.63) is 52.2 Å². The summed E-state index contributed by atoms with van der Waals surface area (Å²) in [5.41, 5.74) is 1.35. The summed E-state index contributed by atoms with van der Waals surface area (Å²) in [6.07, 6.45) is 1.75. The summed E-state index contributed by atoms with van der Waals surface area (Å²) in [5.74, 6) is -0.0941. The molecule has 2 aromatic rings. The molecule has 1 aliphatic rings. The van der Waals surface area contributed by atoms with Crippen LogP contribution in [0.1, 0.15) is 23.9 Å². The number of aromatic nitrogens is 3. The van der Waals surface area contributed by atoms with Crippen molar-refractivity contribution in [2.75, 3.05) is 27.2 Å². The molecule has 26 heavy (non-hydrogen) atoms. The molecule has 1 aliphatic heterocycles. The first-order valence-electron chi connectivity index (χ1n) is 8.76. The average molecular weight is 359 g/mol. The zero-order chi connectivity index (χ0) is 18.7. The molecule has 1 atom stereocenters. The van der Waals surface area contributed by atoms with E-state index < -0.39 is 6.10 Å². The number of carbonyl (C=O) groups excluding carboxylic acids is 1. The van der Waals surface area contributed by atoms with E-state index in [9.17, 15) is 14.7 Å². The highest BCUT2D eigenvalue weighted by Gasteiger charge is 2.23. The number of aliphatic hydroxyl groups excluding tert-OH is 1. The second-order valence-corrected chi connectivity index (χ2v) is 6.90. The fraction of sp³-hybridized carbons (Fsp3) is 0.500. The minimum absolute atomic E-state index is 0.0317. The summed E-state index contributed by atoms with van der Waals surface area (Å²) in [4.78, 5) is 28.1. The van der Waals surface area contributed by atoms with Crippen LogP contribution < -0.4 is 5.56 Å². The first kappa shape index (κ1) is 18.3. The van der Waals surface area contributed by atoms with Gasteiger partial charge in [-0.05, 0) is 32.6 Å². The lowest BCUT2D eigenvalue weighted by Crippen LogP contribution is -2.36. The minimum Gasteiger partial charge on any atom is -0.385 e. The molecule has 0 fully saturated rings. The van der Waals surface area contributed by atoms with Gasteiger partial charge in [0.15, 0.2) is 0 Å². The van der Waals surface area contributed by atoms with Crippen molar-refractivity contribution in [3.63, 3.8) is 0 Å². The first-order chi connectivity index (χ1) is 12.4. The zero-order valence-corrected chi connectivity index (χ0v) is 15.2. The summed E-state index contributed by atoms with van der Waals surface area (Å²) < 4.78 is 3.28. The Balaban J connectivity index is 1.73. The maximum atomic E-state index is 12.6. The summed E-state index contributed by atoms with van der Waals surface area (Å²) in [5, 5.41) is 14.8. The first-order valence-corrected chi connectivity index (χ1v) is 8.76.